The first kappa shape index (κ1) is 23.1. The molecular weight excluding hydrogens is 548 g/mol. The summed E-state index contributed by atoms with van der Waals surface area (Å²) in [6.45, 7) is 0.542. The minimum Gasteiger partial charge on any atom is -0.352 e. The van der Waals surface area contributed by atoms with E-state index >= 15 is 0 Å². The normalized spacial score (nSPS) is 11.2. The number of nitrogens with one attached hydrogen (secondary N) is 1. The largest absolute Gasteiger partial charge is 0.352 e. The Bertz CT molecular complexity index is 1070. The van der Waals surface area contributed by atoms with Crippen LogP contribution in [0.3, 0.4) is 0 Å². The predicted molar refractivity (Wildman–Crippen MR) is 133 cm³/mol. The molecule has 0 bridgehead atoms. The molecule has 0 aliphatic rings. The van der Waals surface area contributed by atoms with Crippen molar-refractivity contribution in [1.29, 1.82) is 0 Å². The average Bonchev–Trinajstić information content (AvgIpc) is 2.88. The number of aromatic nitrogens is 8. The second-order valence-corrected chi connectivity index (χ2v) is 11.5. The van der Waals surface area contributed by atoms with Crippen molar-refractivity contribution in [2.45, 2.75) is 12.8 Å². The van der Waals surface area contributed by atoms with Gasteiger partial charge in [0, 0.05) is 43.3 Å². The smallest absolute Gasteiger partial charge is 0.252 e. The first-order chi connectivity index (χ1) is 16.2. The molecule has 0 spiro atoms. The maximum atomic E-state index is 12.4. The zero-order chi connectivity index (χ0) is 22.9. The van der Waals surface area contributed by atoms with E-state index < -0.39 is 7.26 Å². The number of pyridine rings is 1. The second kappa shape index (κ2) is 11.2. The van der Waals surface area contributed by atoms with E-state index in [1.54, 1.807) is 30.9 Å². The van der Waals surface area contributed by atoms with Gasteiger partial charge in [-0.15, -0.1) is 5.10 Å². The van der Waals surface area contributed by atoms with Crippen molar-refractivity contribution in [3.05, 3.63) is 77.0 Å². The number of unbranched alkanes of at least 4 members (excludes halogenated alkanes) is 1. The van der Waals surface area contributed by atoms with Gasteiger partial charge in [0.15, 0.2) is 18.1 Å². The molecule has 0 aliphatic carbocycles. The summed E-state index contributed by atoms with van der Waals surface area (Å²) in [6, 6.07) is 9.27. The highest BCUT2D eigenvalue weighted by Gasteiger charge is 2.50. The fourth-order valence-corrected chi connectivity index (χ4v) is 7.50. The van der Waals surface area contributed by atoms with Crippen LogP contribution in [-0.4, -0.2) is 58.9 Å². The molecule has 0 radical (unpaired) electrons. The molecule has 0 fully saturated rings. The van der Waals surface area contributed by atoms with E-state index in [0.29, 0.717) is 12.1 Å². The molecule has 33 heavy (non-hydrogen) atoms. The number of rotatable bonds is 9. The Labute approximate surface area is 204 Å². The molecule has 166 valence electrons. The molecule has 0 aliphatic heterocycles. The van der Waals surface area contributed by atoms with E-state index in [-0.39, 0.29) is 5.91 Å². The number of halogens is 1. The number of nitrogens with zero attached hydrogens (tertiary/aromatic N) is 8. The molecular formula is C21H20IN9OP+. The Balaban J connectivity index is 1.53. The maximum absolute atomic E-state index is 12.4. The van der Waals surface area contributed by atoms with Crippen molar-refractivity contribution in [1.82, 2.24) is 45.6 Å². The van der Waals surface area contributed by atoms with Crippen molar-refractivity contribution in [3.8, 4) is 0 Å². The lowest BCUT2D eigenvalue weighted by Crippen LogP contribution is -2.38. The summed E-state index contributed by atoms with van der Waals surface area (Å²) in [5.74, 6) is -0.133. The third kappa shape index (κ3) is 5.48. The van der Waals surface area contributed by atoms with E-state index in [4.69, 9.17) is 0 Å². The number of hydrogen-bond donors (Lipinski definition) is 1. The Hall–Kier alpha value is -3.05. The lowest BCUT2D eigenvalue weighted by molar-refractivity contribution is 0.0953. The summed E-state index contributed by atoms with van der Waals surface area (Å²) < 4.78 is 0.845. The summed E-state index contributed by atoms with van der Waals surface area (Å²) in [4.78, 5) is 33.9. The van der Waals surface area contributed by atoms with E-state index in [1.165, 1.54) is 12.7 Å². The Morgan fingerprint density at radius 2 is 1.61 bits per heavy atom. The van der Waals surface area contributed by atoms with Gasteiger partial charge in [0.1, 0.15) is 16.4 Å². The van der Waals surface area contributed by atoms with Crippen LogP contribution in [0.15, 0.2) is 67.8 Å². The van der Waals surface area contributed by atoms with Crippen molar-refractivity contribution >= 4 is 52.1 Å². The quantitative estimate of drug-likeness (QED) is 0.136. The third-order valence-corrected chi connectivity index (χ3v) is 9.73. The average molecular weight is 568 g/mol. The second-order valence-electron chi connectivity index (χ2n) is 6.98. The van der Waals surface area contributed by atoms with Gasteiger partial charge in [0.2, 0.25) is 5.44 Å². The fourth-order valence-electron chi connectivity index (χ4n) is 3.44. The molecule has 4 aromatic rings. The summed E-state index contributed by atoms with van der Waals surface area (Å²) in [5.41, 5.74) is 3.08. The van der Waals surface area contributed by atoms with Gasteiger partial charge < -0.3 is 5.32 Å². The summed E-state index contributed by atoms with van der Waals surface area (Å²) in [6.07, 6.45) is 12.1. The molecule has 0 unspecified atom stereocenters. The van der Waals surface area contributed by atoms with Crippen molar-refractivity contribution < 1.29 is 4.79 Å². The van der Waals surface area contributed by atoms with Crippen LogP contribution in [0.5, 0.6) is 0 Å². The third-order valence-electron chi connectivity index (χ3n) is 4.99. The Morgan fingerprint density at radius 3 is 2.18 bits per heavy atom. The van der Waals surface area contributed by atoms with Crippen LogP contribution in [0.4, 0.5) is 0 Å². The molecule has 4 rings (SSSR count). The van der Waals surface area contributed by atoms with Gasteiger partial charge in [-0.2, -0.15) is 0 Å². The molecule has 0 atom stereocenters. The van der Waals surface area contributed by atoms with Crippen LogP contribution < -0.4 is 21.6 Å². The molecule has 12 heteroatoms. The number of carbonyl (C=O) groups is 1. The highest BCUT2D eigenvalue weighted by molar-refractivity contribution is 14.1. The van der Waals surface area contributed by atoms with Gasteiger partial charge in [-0.1, -0.05) is 5.10 Å². The van der Waals surface area contributed by atoms with Gasteiger partial charge in [-0.25, -0.2) is 24.9 Å². The number of hydrogen-bond acceptors (Lipinski definition) is 9. The van der Waals surface area contributed by atoms with Gasteiger partial charge in [0.05, 0.1) is 17.9 Å². The maximum Gasteiger partial charge on any atom is 0.252 e. The van der Waals surface area contributed by atoms with Gasteiger partial charge in [-0.05, 0) is 52.8 Å². The van der Waals surface area contributed by atoms with E-state index in [9.17, 15) is 4.79 Å². The molecule has 10 nitrogen and oxygen atoms in total. The fraction of sp³-hybridized carbons (Fsp3) is 0.190. The molecule has 0 saturated heterocycles. The van der Waals surface area contributed by atoms with Crippen LogP contribution >= 0.6 is 29.9 Å². The molecule has 0 saturated carbocycles. The van der Waals surface area contributed by atoms with Crippen LogP contribution in [0.25, 0.3) is 0 Å². The van der Waals surface area contributed by atoms with E-state index in [1.807, 2.05) is 24.3 Å². The summed E-state index contributed by atoms with van der Waals surface area (Å²) >= 11 is 2.11. The number of carbonyl (C=O) groups excluding carboxylic acids is 1. The lowest BCUT2D eigenvalue weighted by atomic mass is 10.2. The standard InChI is InChI=1S/C21H19IN9OP/c22-17-4-3-16(13-26-17)21(32)25-8-1-2-12-33(18-5-9-23-14-27-18,19-6-10-24-15-28-19)20-7-11-29-31-30-20/h3-7,9-11,13-15H,1-2,8,12H2/p+1/i22-4. The molecule has 1 N–H and O–H groups in total. The minimum absolute atomic E-state index is 0.133. The van der Waals surface area contributed by atoms with Crippen molar-refractivity contribution in [2.24, 2.45) is 0 Å². The zero-order valence-corrected chi connectivity index (χ0v) is 20.5. The molecule has 1 amide bonds. The van der Waals surface area contributed by atoms with Crippen molar-refractivity contribution in [2.75, 3.05) is 12.7 Å². The predicted octanol–water partition coefficient (Wildman–Crippen LogP) is 0.955. The minimum atomic E-state index is -2.32. The Morgan fingerprint density at radius 1 is 0.879 bits per heavy atom. The van der Waals surface area contributed by atoms with Crippen LogP contribution in [-0.2, 0) is 0 Å². The number of amides is 1. The summed E-state index contributed by atoms with van der Waals surface area (Å²) in [7, 11) is -2.32. The van der Waals surface area contributed by atoms with Crippen LogP contribution in [0, 0.1) is 3.70 Å². The van der Waals surface area contributed by atoms with Crippen LogP contribution in [0.2, 0.25) is 0 Å². The van der Waals surface area contributed by atoms with Gasteiger partial charge in [-0.3, -0.25) is 4.79 Å². The topological polar surface area (TPSA) is 132 Å². The first-order valence-electron chi connectivity index (χ1n) is 10.2. The van der Waals surface area contributed by atoms with E-state index in [0.717, 1.165) is 39.0 Å². The van der Waals surface area contributed by atoms with Crippen molar-refractivity contribution in [3.63, 3.8) is 0 Å². The monoisotopic (exact) mass is 568 g/mol. The van der Waals surface area contributed by atoms with Crippen LogP contribution in [0.1, 0.15) is 23.2 Å². The highest BCUT2D eigenvalue weighted by atomic mass is 123. The first-order valence-corrected chi connectivity index (χ1v) is 13.2. The highest BCUT2D eigenvalue weighted by Crippen LogP contribution is 2.53. The molecule has 4 aromatic heterocycles. The van der Waals surface area contributed by atoms with E-state index in [2.05, 4.69) is 68.2 Å². The Kier molecular flexibility index (Phi) is 7.84. The SMILES string of the molecule is O=C(NCCCC[P+](c1ccncn1)(c1ccncn1)c1ccnnn1)c1ccc([123I])nc1. The lowest BCUT2D eigenvalue weighted by Gasteiger charge is -2.23. The summed E-state index contributed by atoms with van der Waals surface area (Å²) in [5, 5.41) is 15.1. The van der Waals surface area contributed by atoms with Gasteiger partial charge >= 0.3 is 0 Å². The molecule has 4 heterocycles. The zero-order valence-electron chi connectivity index (χ0n) is 17.5. The van der Waals surface area contributed by atoms with Gasteiger partial charge in [0.25, 0.3) is 5.91 Å². The molecule has 0 aromatic carbocycles.